The molecule has 10 heteroatoms. The second-order valence-electron chi connectivity index (χ2n) is 10.0. The van der Waals surface area contributed by atoms with Crippen LogP contribution in [0.3, 0.4) is 0 Å². The maximum absolute atomic E-state index is 14.7. The summed E-state index contributed by atoms with van der Waals surface area (Å²) >= 11 is 1.48. The van der Waals surface area contributed by atoms with E-state index in [0.717, 1.165) is 34.9 Å². The number of hydrogen-bond donors (Lipinski definition) is 1. The van der Waals surface area contributed by atoms with Gasteiger partial charge in [-0.1, -0.05) is 42.5 Å². The number of nitrogens with zero attached hydrogens (tertiary/aromatic N) is 2. The van der Waals surface area contributed by atoms with Crippen molar-refractivity contribution in [1.29, 1.82) is 0 Å². The number of carboxylic acid groups (broad SMARTS) is 1. The Kier molecular flexibility index (Phi) is 12.6. The number of halogens is 2. The van der Waals surface area contributed by atoms with Gasteiger partial charge >= 0.3 is 18.9 Å². The fourth-order valence-electron chi connectivity index (χ4n) is 4.77. The van der Waals surface area contributed by atoms with Gasteiger partial charge in [0.05, 0.1) is 18.6 Å². The summed E-state index contributed by atoms with van der Waals surface area (Å²) in [6.07, 6.45) is 2.08. The summed E-state index contributed by atoms with van der Waals surface area (Å²) in [5.41, 5.74) is 4.72. The van der Waals surface area contributed by atoms with Crippen molar-refractivity contribution in [2.75, 3.05) is 16.9 Å². The number of rotatable bonds is 12. The van der Waals surface area contributed by atoms with Crippen LogP contribution in [0.2, 0.25) is 0 Å². The number of carbonyl (C=O) groups is 2. The average molecular weight is 606 g/mol. The van der Waals surface area contributed by atoms with Gasteiger partial charge in [0, 0.05) is 29.9 Å². The van der Waals surface area contributed by atoms with Crippen molar-refractivity contribution in [3.63, 3.8) is 0 Å². The van der Waals surface area contributed by atoms with Crippen molar-refractivity contribution in [3.05, 3.63) is 130 Å². The van der Waals surface area contributed by atoms with Crippen LogP contribution in [-0.4, -0.2) is 29.9 Å². The molecule has 4 aromatic carbocycles. The molecule has 0 radical (unpaired) electrons. The van der Waals surface area contributed by atoms with Crippen LogP contribution in [0.1, 0.15) is 33.5 Å². The van der Waals surface area contributed by atoms with Crippen LogP contribution < -0.4 is 34.2 Å². The molecule has 0 saturated carbocycles. The second kappa shape index (κ2) is 16.1. The molecule has 44 heavy (non-hydrogen) atoms. The smallest absolute Gasteiger partial charge is 0.548 e. The SMILES string of the molecule is [C-]#[N+]c1ccc(N(Cc2ccc(C(=O)N[C@@H](CCSC)C(=O)[O-])c(-c3ccccc3C)c2)Cc2cc(F)ccc2F)cc1.[Li+]. The van der Waals surface area contributed by atoms with Gasteiger partial charge in [0.1, 0.15) is 11.6 Å². The van der Waals surface area contributed by atoms with Crippen LogP contribution in [0, 0.1) is 25.1 Å². The predicted octanol–water partition coefficient (Wildman–Crippen LogP) is 3.30. The number of thioether (sulfide) groups is 1. The molecule has 220 valence electrons. The van der Waals surface area contributed by atoms with E-state index in [9.17, 15) is 23.5 Å². The van der Waals surface area contributed by atoms with Gasteiger partial charge in [0.2, 0.25) is 0 Å². The third kappa shape index (κ3) is 8.73. The first-order valence-corrected chi connectivity index (χ1v) is 15.0. The zero-order chi connectivity index (χ0) is 30.9. The standard InChI is InChI=1S/C34H31F2N3O3S.Li/c1-22-6-4-5-7-28(22)30-18-23(8-14-29(30)33(40)38-32(34(41)42)16-17-43-3)20-39(27-12-10-26(37-2)11-13-27)21-24-19-25(35)9-15-31(24)36;/h4-15,18-19,32H,16-17,20-21H2,1,3H3,(H,38,40)(H,41,42);/q;+1/p-1/t32-;/m0./s1. The fourth-order valence-corrected chi connectivity index (χ4v) is 5.24. The van der Waals surface area contributed by atoms with E-state index in [1.807, 2.05) is 48.4 Å². The van der Waals surface area contributed by atoms with Gasteiger partial charge in [-0.25, -0.2) is 13.6 Å². The molecule has 1 N–H and O–H groups in total. The van der Waals surface area contributed by atoms with Gasteiger partial charge in [-0.05, 0) is 90.1 Å². The predicted molar refractivity (Wildman–Crippen MR) is 165 cm³/mol. The van der Waals surface area contributed by atoms with Gasteiger partial charge in [0.25, 0.3) is 5.91 Å². The number of anilines is 1. The Morgan fingerprint density at radius 3 is 2.36 bits per heavy atom. The molecule has 1 atom stereocenters. The summed E-state index contributed by atoms with van der Waals surface area (Å²) in [6, 6.07) is 21.8. The van der Waals surface area contributed by atoms with Crippen molar-refractivity contribution >= 4 is 35.0 Å². The number of aliphatic carboxylic acids is 1. The molecule has 0 aliphatic carbocycles. The molecule has 0 fully saturated rings. The largest absolute Gasteiger partial charge is 1.00 e. The molecule has 4 aromatic rings. The molecule has 0 bridgehead atoms. The number of carbonyl (C=O) groups excluding carboxylic acids is 2. The molecule has 6 nitrogen and oxygen atoms in total. The minimum Gasteiger partial charge on any atom is -0.548 e. The Balaban J connectivity index is 0.00000529. The zero-order valence-electron chi connectivity index (χ0n) is 24.8. The molecular weight excluding hydrogens is 575 g/mol. The van der Waals surface area contributed by atoms with Crippen molar-refractivity contribution in [2.24, 2.45) is 0 Å². The Hall–Kier alpha value is -4.08. The first-order valence-electron chi connectivity index (χ1n) is 13.6. The maximum Gasteiger partial charge on any atom is 1.00 e. The first kappa shape index (κ1) is 34.4. The van der Waals surface area contributed by atoms with Crippen molar-refractivity contribution < 1.29 is 42.3 Å². The van der Waals surface area contributed by atoms with E-state index >= 15 is 0 Å². The number of aryl methyl sites for hydroxylation is 1. The minimum atomic E-state index is -1.35. The number of amides is 1. The van der Waals surface area contributed by atoms with Crippen LogP contribution in [0.25, 0.3) is 16.0 Å². The van der Waals surface area contributed by atoms with Crippen LogP contribution in [0.15, 0.2) is 84.9 Å². The number of carboxylic acids is 1. The Morgan fingerprint density at radius 1 is 0.977 bits per heavy atom. The van der Waals surface area contributed by atoms with Gasteiger partial charge in [-0.3, -0.25) is 4.79 Å². The van der Waals surface area contributed by atoms with Gasteiger partial charge in [-0.2, -0.15) is 11.8 Å². The normalized spacial score (nSPS) is 11.2. The summed E-state index contributed by atoms with van der Waals surface area (Å²) in [6.45, 7) is 9.49. The number of nitrogens with one attached hydrogen (secondary N) is 1. The van der Waals surface area contributed by atoms with E-state index in [-0.39, 0.29) is 43.9 Å². The first-order chi connectivity index (χ1) is 20.7. The topological polar surface area (TPSA) is 76.8 Å². The molecule has 4 rings (SSSR count). The monoisotopic (exact) mass is 605 g/mol. The molecule has 0 unspecified atom stereocenters. The zero-order valence-corrected chi connectivity index (χ0v) is 25.6. The average Bonchev–Trinajstić information content (AvgIpc) is 3.00. The molecular formula is C34H30F2LiN3O3S. The van der Waals surface area contributed by atoms with Gasteiger partial charge in [-0.15, -0.1) is 0 Å². The maximum atomic E-state index is 14.7. The number of hydrogen-bond acceptors (Lipinski definition) is 5. The van der Waals surface area contributed by atoms with Gasteiger partial charge in [0.15, 0.2) is 5.69 Å². The van der Waals surface area contributed by atoms with Gasteiger partial charge < -0.3 is 20.1 Å². The summed E-state index contributed by atoms with van der Waals surface area (Å²) in [5, 5.41) is 14.3. The van der Waals surface area contributed by atoms with Crippen LogP contribution in [-0.2, 0) is 17.9 Å². The van der Waals surface area contributed by atoms with Crippen molar-refractivity contribution in [2.45, 2.75) is 32.5 Å². The van der Waals surface area contributed by atoms with E-state index in [4.69, 9.17) is 6.57 Å². The molecule has 0 spiro atoms. The second-order valence-corrected chi connectivity index (χ2v) is 11.0. The Morgan fingerprint density at radius 2 is 1.70 bits per heavy atom. The molecule has 0 saturated heterocycles. The molecule has 0 aliphatic heterocycles. The van der Waals surface area contributed by atoms with Crippen LogP contribution in [0.4, 0.5) is 20.2 Å². The van der Waals surface area contributed by atoms with E-state index in [1.165, 1.54) is 11.8 Å². The van der Waals surface area contributed by atoms with Crippen LogP contribution in [0.5, 0.6) is 0 Å². The van der Waals surface area contributed by atoms with Crippen molar-refractivity contribution in [1.82, 2.24) is 5.32 Å². The number of benzene rings is 4. The molecule has 1 amide bonds. The van der Waals surface area contributed by atoms with Crippen molar-refractivity contribution in [3.8, 4) is 11.1 Å². The van der Waals surface area contributed by atoms with E-state index in [0.29, 0.717) is 28.3 Å². The Bertz CT molecular complexity index is 1660. The summed E-state index contributed by atoms with van der Waals surface area (Å²) < 4.78 is 28.7. The van der Waals surface area contributed by atoms with E-state index in [2.05, 4.69) is 10.2 Å². The quantitative estimate of drug-likeness (QED) is 0.198. The molecule has 0 aliphatic rings. The fraction of sp³-hybridized carbons (Fsp3) is 0.206. The Labute approximate surface area is 272 Å². The summed E-state index contributed by atoms with van der Waals surface area (Å²) in [7, 11) is 0. The van der Waals surface area contributed by atoms with Crippen LogP contribution >= 0.6 is 11.8 Å². The van der Waals surface area contributed by atoms with E-state index < -0.39 is 29.6 Å². The van der Waals surface area contributed by atoms with E-state index in [1.54, 1.807) is 36.4 Å². The third-order valence-electron chi connectivity index (χ3n) is 7.05. The minimum absolute atomic E-state index is 0. The third-order valence-corrected chi connectivity index (χ3v) is 7.69. The summed E-state index contributed by atoms with van der Waals surface area (Å²) in [4.78, 5) is 30.4. The molecule has 0 aromatic heterocycles. The molecule has 0 heterocycles. The summed E-state index contributed by atoms with van der Waals surface area (Å²) in [5.74, 6) is -2.43.